The van der Waals surface area contributed by atoms with Crippen LogP contribution in [0.4, 0.5) is 68.2 Å². The van der Waals surface area contributed by atoms with E-state index in [9.17, 15) is 0 Å². The third-order valence-electron chi connectivity index (χ3n) is 24.5. The zero-order valence-corrected chi connectivity index (χ0v) is 66.4. The maximum absolute atomic E-state index is 5.84. The Kier molecular flexibility index (Phi) is 18.9. The molecule has 22 rings (SSSR count). The van der Waals surface area contributed by atoms with Gasteiger partial charge in [0.15, 0.2) is 25.2 Å². The van der Waals surface area contributed by atoms with Crippen molar-refractivity contribution in [1.29, 1.82) is 0 Å². The fraction of sp³-hybridized carbons (Fsp3) is 0.170. The van der Waals surface area contributed by atoms with Gasteiger partial charge in [-0.15, -0.1) is 0 Å². The van der Waals surface area contributed by atoms with E-state index in [1.807, 2.05) is 0 Å². The van der Waals surface area contributed by atoms with Crippen LogP contribution in [0.15, 0.2) is 340 Å². The summed E-state index contributed by atoms with van der Waals surface area (Å²) in [5, 5.41) is 9.58. The maximum Gasteiger partial charge on any atom is 0.184 e. The first-order chi connectivity index (χ1) is 58.0. The number of rotatable bonds is 16. The Morgan fingerprint density at radius 3 is 0.602 bits per heavy atom. The van der Waals surface area contributed by atoms with Gasteiger partial charge in [0.1, 0.15) is 0 Å². The summed E-state index contributed by atoms with van der Waals surface area (Å²) in [6.45, 7) is 14.4. The normalized spacial score (nSPS) is 16.1. The van der Waals surface area contributed by atoms with Crippen molar-refractivity contribution >= 4 is 111 Å². The van der Waals surface area contributed by atoms with Crippen LogP contribution in [-0.2, 0) is 48.7 Å². The Morgan fingerprint density at radius 1 is 0.203 bits per heavy atom. The fourth-order valence-corrected chi connectivity index (χ4v) is 18.6. The van der Waals surface area contributed by atoms with E-state index in [4.69, 9.17) is 37.9 Å². The van der Waals surface area contributed by atoms with Gasteiger partial charge in [0.2, 0.25) is 0 Å². The van der Waals surface area contributed by atoms with E-state index in [2.05, 4.69) is 387 Å². The molecule has 0 unspecified atom stereocenters. The van der Waals surface area contributed by atoms with Crippen LogP contribution in [0.3, 0.4) is 0 Å². The molecule has 4 saturated heterocycles. The molecular weight excluding hydrogens is 1460 g/mol. The minimum absolute atomic E-state index is 0.284. The molecule has 0 N–H and O–H groups in total. The van der Waals surface area contributed by atoms with Crippen molar-refractivity contribution in [1.82, 2.24) is 0 Å². The minimum Gasteiger partial charge on any atom is -0.346 e. The molecule has 4 heterocycles. The Hall–Kier alpha value is -12.6. The molecule has 0 saturated carbocycles. The van der Waals surface area contributed by atoms with Gasteiger partial charge in [-0.25, -0.2) is 0 Å². The first kappa shape index (κ1) is 73.1. The predicted octanol–water partition coefficient (Wildman–Crippen LogP) is 26.7. The molecule has 12 heteroatoms. The maximum atomic E-state index is 5.84. The zero-order valence-electron chi connectivity index (χ0n) is 66.4. The zero-order chi connectivity index (χ0) is 79.0. The van der Waals surface area contributed by atoms with E-state index in [1.165, 1.54) is 87.6 Å². The van der Waals surface area contributed by atoms with Crippen molar-refractivity contribution in [3.63, 3.8) is 0 Å². The highest BCUT2D eigenvalue weighted by atomic mass is 16.7. The number of ether oxygens (including phenoxy) is 8. The summed E-state index contributed by atoms with van der Waals surface area (Å²) in [5.74, 6) is 0. The van der Waals surface area contributed by atoms with Gasteiger partial charge >= 0.3 is 0 Å². The Morgan fingerprint density at radius 2 is 0.390 bits per heavy atom. The number of anilines is 12. The molecule has 118 heavy (non-hydrogen) atoms. The molecule has 16 aromatic rings. The van der Waals surface area contributed by atoms with Gasteiger partial charge < -0.3 is 57.5 Å². The Balaban J connectivity index is 0.000000147. The molecule has 12 nitrogen and oxygen atoms in total. The molecule has 0 bridgehead atoms. The van der Waals surface area contributed by atoms with Gasteiger partial charge in [-0.1, -0.05) is 246 Å². The smallest absolute Gasteiger partial charge is 0.184 e. The molecule has 6 aliphatic rings. The molecule has 0 radical (unpaired) electrons. The molecule has 4 aliphatic heterocycles. The molecule has 0 amide bonds. The first-order valence-electron chi connectivity index (χ1n) is 41.1. The second kappa shape index (κ2) is 30.5. The van der Waals surface area contributed by atoms with E-state index in [-0.39, 0.29) is 36.0 Å². The summed E-state index contributed by atoms with van der Waals surface area (Å²) in [5.41, 5.74) is 27.0. The summed E-state index contributed by atoms with van der Waals surface area (Å²) in [6.07, 6.45) is -1.29. The highest BCUT2D eigenvalue weighted by Gasteiger charge is 2.40. The van der Waals surface area contributed by atoms with Crippen molar-refractivity contribution in [3.8, 4) is 22.3 Å². The SMILES string of the molecule is CC1(C)c2cc(N(c3ccc(C4OCCO4)cc3)c3cccc4ccccc34)ccc2-c2ccc(N(c3ccc(C4OCCO4)cc3)c3cccc4ccccc34)cc21.CC1(C)c2cc(N(c3ccc(C4OCCO4)cc3)c3cccc4ccccc34)ccc2-c2ccc(N(c3ccc(C4OCCO4)cc3)c3cccc4ccccc34)cc21. The number of hydrogen-bond donors (Lipinski definition) is 0. The molecule has 2 aliphatic carbocycles. The molecule has 0 aromatic heterocycles. The summed E-state index contributed by atoms with van der Waals surface area (Å²) in [4.78, 5) is 9.56. The standard InChI is InChI=1S/2C53H44N2O4/c2*1-53(2)47-33-41(54(49-15-7-11-35-9-3-5-13-43(35)49)39-21-17-37(18-22-39)51-56-29-30-57-51)25-27-45(47)46-28-26-42(34-48(46)53)55(50-16-8-12-36-10-4-6-14-44(36)50)40-23-19-38(20-24-40)52-58-31-32-59-52/h2*3-28,33-34,51-52H,29-32H2,1-2H3. The molecule has 580 valence electrons. The van der Waals surface area contributed by atoms with Crippen molar-refractivity contribution in [3.05, 3.63) is 384 Å². The van der Waals surface area contributed by atoms with E-state index in [1.54, 1.807) is 0 Å². The largest absolute Gasteiger partial charge is 0.346 e. The van der Waals surface area contributed by atoms with Crippen LogP contribution in [-0.4, -0.2) is 52.9 Å². The van der Waals surface area contributed by atoms with Gasteiger partial charge in [0.05, 0.1) is 75.6 Å². The first-order valence-corrected chi connectivity index (χ1v) is 41.1. The van der Waals surface area contributed by atoms with Crippen LogP contribution < -0.4 is 19.6 Å². The van der Waals surface area contributed by atoms with Gasteiger partial charge in [0, 0.05) is 100 Å². The minimum atomic E-state index is -0.323. The highest BCUT2D eigenvalue weighted by Crippen LogP contribution is 2.56. The number of nitrogens with zero attached hydrogens (tertiary/aromatic N) is 4. The Labute approximate surface area is 687 Å². The van der Waals surface area contributed by atoms with Gasteiger partial charge in [-0.2, -0.15) is 0 Å². The van der Waals surface area contributed by atoms with Crippen molar-refractivity contribution < 1.29 is 37.9 Å². The lowest BCUT2D eigenvalue weighted by molar-refractivity contribution is -0.0443. The number of hydrogen-bond acceptors (Lipinski definition) is 12. The van der Waals surface area contributed by atoms with Crippen molar-refractivity contribution in [2.75, 3.05) is 72.5 Å². The fourth-order valence-electron chi connectivity index (χ4n) is 18.6. The van der Waals surface area contributed by atoms with Crippen LogP contribution in [0.2, 0.25) is 0 Å². The van der Waals surface area contributed by atoms with Crippen molar-refractivity contribution in [2.45, 2.75) is 63.7 Å². The lowest BCUT2D eigenvalue weighted by atomic mass is 9.82. The summed E-state index contributed by atoms with van der Waals surface area (Å²) < 4.78 is 46.7. The molecule has 0 spiro atoms. The van der Waals surface area contributed by atoms with Crippen LogP contribution >= 0.6 is 0 Å². The number of fused-ring (bicyclic) bond motifs is 10. The van der Waals surface area contributed by atoms with Gasteiger partial charge in [-0.3, -0.25) is 0 Å². The number of benzene rings is 16. The van der Waals surface area contributed by atoms with Gasteiger partial charge in [0.25, 0.3) is 0 Å². The van der Waals surface area contributed by atoms with Crippen molar-refractivity contribution in [2.24, 2.45) is 0 Å². The average Bonchev–Trinajstić information content (AvgIpc) is 1.56. The predicted molar refractivity (Wildman–Crippen MR) is 475 cm³/mol. The molecular formula is C106H88N4O8. The summed E-state index contributed by atoms with van der Waals surface area (Å²) in [6, 6.07) is 123. The van der Waals surface area contributed by atoms with Crippen LogP contribution in [0, 0.1) is 0 Å². The highest BCUT2D eigenvalue weighted by molar-refractivity contribution is 6.04. The van der Waals surface area contributed by atoms with Gasteiger partial charge in [-0.05, 0) is 187 Å². The third kappa shape index (κ3) is 13.1. The monoisotopic (exact) mass is 1540 g/mol. The average molecular weight is 1550 g/mol. The quantitative estimate of drug-likeness (QED) is 0.0923. The van der Waals surface area contributed by atoms with E-state index in [0.717, 1.165) is 90.5 Å². The van der Waals surface area contributed by atoms with Crippen LogP contribution in [0.25, 0.3) is 65.3 Å². The topological polar surface area (TPSA) is 86.8 Å². The summed E-state index contributed by atoms with van der Waals surface area (Å²) >= 11 is 0. The lowest BCUT2D eigenvalue weighted by Crippen LogP contribution is -2.18. The second-order valence-electron chi connectivity index (χ2n) is 32.2. The molecule has 0 atom stereocenters. The summed E-state index contributed by atoms with van der Waals surface area (Å²) in [7, 11) is 0. The van der Waals surface area contributed by atoms with E-state index >= 15 is 0 Å². The van der Waals surface area contributed by atoms with E-state index < -0.39 is 0 Å². The van der Waals surface area contributed by atoms with E-state index in [0.29, 0.717) is 52.9 Å². The molecule has 4 fully saturated rings. The molecule has 16 aromatic carbocycles. The van der Waals surface area contributed by atoms with Crippen LogP contribution in [0.1, 0.15) is 97.4 Å². The van der Waals surface area contributed by atoms with Crippen LogP contribution in [0.5, 0.6) is 0 Å². The lowest BCUT2D eigenvalue weighted by Gasteiger charge is -2.30. The Bertz CT molecular complexity index is 5660. The third-order valence-corrected chi connectivity index (χ3v) is 24.5. The second-order valence-corrected chi connectivity index (χ2v) is 32.2.